The van der Waals surface area contributed by atoms with Crippen molar-refractivity contribution in [3.05, 3.63) is 63.3 Å². The van der Waals surface area contributed by atoms with Gasteiger partial charge in [-0.05, 0) is 29.3 Å². The van der Waals surface area contributed by atoms with Crippen LogP contribution in [0.15, 0.2) is 36.5 Å². The molecule has 1 aromatic carbocycles. The minimum atomic E-state index is -1.57. The molecule has 1 aromatic heterocycles. The van der Waals surface area contributed by atoms with Gasteiger partial charge in [0.2, 0.25) is 0 Å². The summed E-state index contributed by atoms with van der Waals surface area (Å²) in [5.74, 6) is -1.62. The Hall–Kier alpha value is -2.84. The number of ether oxygens (including phenoxy) is 2. The van der Waals surface area contributed by atoms with Crippen LogP contribution >= 0.6 is 0 Å². The van der Waals surface area contributed by atoms with Gasteiger partial charge in [0.05, 0.1) is 23.7 Å². The van der Waals surface area contributed by atoms with Crippen molar-refractivity contribution >= 4 is 17.4 Å². The summed E-state index contributed by atoms with van der Waals surface area (Å²) in [7, 11) is 0. The van der Waals surface area contributed by atoms with Gasteiger partial charge in [-0.15, -0.1) is 0 Å². The molecule has 116 valence electrons. The maximum atomic E-state index is 12.4. The summed E-state index contributed by atoms with van der Waals surface area (Å²) in [4.78, 5) is 26.9. The number of carbonyl (C=O) groups excluding carboxylic acids is 1. The minimum Gasteiger partial charge on any atom is -0.334 e. The van der Waals surface area contributed by atoms with Crippen molar-refractivity contribution in [3.63, 3.8) is 0 Å². The second-order valence-electron chi connectivity index (χ2n) is 5.26. The number of carbonyl (C=O) groups is 1. The molecule has 0 saturated heterocycles. The average Bonchev–Trinajstić information content (AvgIpc) is 2.70. The summed E-state index contributed by atoms with van der Waals surface area (Å²) in [5, 5.41) is 13.5. The van der Waals surface area contributed by atoms with Crippen LogP contribution in [-0.2, 0) is 33.3 Å². The van der Waals surface area contributed by atoms with Crippen molar-refractivity contribution in [1.82, 2.24) is 4.98 Å². The lowest BCUT2D eigenvalue weighted by atomic mass is 10.1. The second-order valence-corrected chi connectivity index (χ2v) is 5.26. The fraction of sp³-hybridized carbons (Fsp3) is 0.200. The number of nitrogens with zero attached hydrogens (tertiary/aromatic N) is 2. The van der Waals surface area contributed by atoms with E-state index in [0.29, 0.717) is 16.9 Å². The van der Waals surface area contributed by atoms with Gasteiger partial charge in [-0.25, -0.2) is 4.98 Å². The zero-order valence-corrected chi connectivity index (χ0v) is 11.8. The van der Waals surface area contributed by atoms with Gasteiger partial charge in [0, 0.05) is 18.3 Å². The van der Waals surface area contributed by atoms with Crippen molar-refractivity contribution in [2.45, 2.75) is 19.0 Å². The highest BCUT2D eigenvalue weighted by Gasteiger charge is 2.51. The zero-order chi connectivity index (χ0) is 16.0. The molecule has 3 heterocycles. The normalized spacial score (nSPS) is 22.2. The number of nitro groups is 1. The molecule has 1 amide bonds. The lowest BCUT2D eigenvalue weighted by Crippen LogP contribution is -2.39. The molecule has 2 aliphatic rings. The van der Waals surface area contributed by atoms with E-state index in [9.17, 15) is 14.9 Å². The van der Waals surface area contributed by atoms with E-state index in [2.05, 4.69) is 10.3 Å². The van der Waals surface area contributed by atoms with Crippen molar-refractivity contribution in [2.75, 3.05) is 5.32 Å². The monoisotopic (exact) mass is 313 g/mol. The van der Waals surface area contributed by atoms with E-state index in [1.807, 2.05) is 0 Å². The molecular weight excluding hydrogens is 302 g/mol. The number of anilines is 1. The molecule has 4 rings (SSSR count). The van der Waals surface area contributed by atoms with Gasteiger partial charge in [-0.1, -0.05) is 0 Å². The molecule has 0 bridgehead atoms. The smallest absolute Gasteiger partial charge is 0.291 e. The standard InChI is InChI=1S/C15H11N3O5/c19-14-15(12-2-1-5-16-13(12)17-14)22-7-9-3-4-11(18(20)21)6-10(9)8-23-15/h1-6H,7-8H2,(H,16,17,19). The van der Waals surface area contributed by atoms with Crippen molar-refractivity contribution in [2.24, 2.45) is 0 Å². The van der Waals surface area contributed by atoms with Gasteiger partial charge < -0.3 is 14.8 Å². The highest BCUT2D eigenvalue weighted by atomic mass is 16.7. The van der Waals surface area contributed by atoms with E-state index in [4.69, 9.17) is 9.47 Å². The first kappa shape index (κ1) is 13.8. The first-order chi connectivity index (χ1) is 11.1. The quantitative estimate of drug-likeness (QED) is 0.636. The van der Waals surface area contributed by atoms with Gasteiger partial charge >= 0.3 is 0 Å². The summed E-state index contributed by atoms with van der Waals surface area (Å²) in [6.07, 6.45) is 1.56. The molecule has 23 heavy (non-hydrogen) atoms. The summed E-state index contributed by atoms with van der Waals surface area (Å²) >= 11 is 0. The van der Waals surface area contributed by atoms with Gasteiger partial charge in [-0.2, -0.15) is 0 Å². The predicted octanol–water partition coefficient (Wildman–Crippen LogP) is 1.84. The van der Waals surface area contributed by atoms with E-state index in [0.717, 1.165) is 5.56 Å². The molecule has 1 atom stereocenters. The fourth-order valence-corrected chi connectivity index (χ4v) is 2.77. The molecule has 2 aliphatic heterocycles. The maximum absolute atomic E-state index is 12.4. The van der Waals surface area contributed by atoms with Crippen LogP contribution in [0.25, 0.3) is 0 Å². The van der Waals surface area contributed by atoms with Crippen LogP contribution in [0, 0.1) is 10.1 Å². The number of amides is 1. The Kier molecular flexibility index (Phi) is 2.90. The van der Waals surface area contributed by atoms with Crippen LogP contribution in [0.5, 0.6) is 0 Å². The Labute approximate surface area is 130 Å². The molecule has 1 unspecified atom stereocenters. The fourth-order valence-electron chi connectivity index (χ4n) is 2.77. The Morgan fingerprint density at radius 2 is 2.00 bits per heavy atom. The number of non-ortho nitro benzene ring substituents is 1. The summed E-state index contributed by atoms with van der Waals surface area (Å²) < 4.78 is 11.5. The van der Waals surface area contributed by atoms with Gasteiger partial charge in [0.25, 0.3) is 17.4 Å². The van der Waals surface area contributed by atoms with E-state index < -0.39 is 16.6 Å². The number of benzene rings is 1. The molecule has 0 fully saturated rings. The third-order valence-electron chi connectivity index (χ3n) is 3.96. The number of hydrogen-bond donors (Lipinski definition) is 1. The third-order valence-corrected chi connectivity index (χ3v) is 3.96. The minimum absolute atomic E-state index is 0.0266. The molecule has 2 aromatic rings. The van der Waals surface area contributed by atoms with E-state index in [1.165, 1.54) is 12.1 Å². The van der Waals surface area contributed by atoms with Crippen LogP contribution in [-0.4, -0.2) is 15.8 Å². The number of aromatic nitrogens is 1. The van der Waals surface area contributed by atoms with Crippen molar-refractivity contribution < 1.29 is 19.2 Å². The Morgan fingerprint density at radius 1 is 1.22 bits per heavy atom. The van der Waals surface area contributed by atoms with Crippen LogP contribution in [0.1, 0.15) is 16.7 Å². The summed E-state index contributed by atoms with van der Waals surface area (Å²) in [5.41, 5.74) is 1.85. The first-order valence-corrected chi connectivity index (χ1v) is 6.91. The topological polar surface area (TPSA) is 104 Å². The summed E-state index contributed by atoms with van der Waals surface area (Å²) in [6.45, 7) is 0.133. The third kappa shape index (κ3) is 2.00. The molecule has 1 spiro atoms. The predicted molar refractivity (Wildman–Crippen MR) is 77.2 cm³/mol. The molecule has 1 N–H and O–H groups in total. The highest BCUT2D eigenvalue weighted by molar-refractivity contribution is 6.02. The van der Waals surface area contributed by atoms with Crippen LogP contribution in [0.2, 0.25) is 0 Å². The van der Waals surface area contributed by atoms with Crippen molar-refractivity contribution in [1.29, 1.82) is 0 Å². The highest BCUT2D eigenvalue weighted by Crippen LogP contribution is 2.41. The van der Waals surface area contributed by atoms with Gasteiger partial charge in [-0.3, -0.25) is 14.9 Å². The lowest BCUT2D eigenvalue weighted by Gasteiger charge is -2.24. The molecular formula is C15H11N3O5. The maximum Gasteiger partial charge on any atom is 0.291 e. The number of rotatable bonds is 1. The second kappa shape index (κ2) is 4.83. The van der Waals surface area contributed by atoms with Crippen LogP contribution in [0.4, 0.5) is 11.5 Å². The van der Waals surface area contributed by atoms with Gasteiger partial charge in [0.15, 0.2) is 0 Å². The SMILES string of the molecule is O=C1Nc2ncccc2C12OCc1ccc([N+](=O)[O-])cc1CO2. The van der Waals surface area contributed by atoms with Crippen molar-refractivity contribution in [3.8, 4) is 0 Å². The molecule has 8 nitrogen and oxygen atoms in total. The summed E-state index contributed by atoms with van der Waals surface area (Å²) in [6, 6.07) is 7.86. The largest absolute Gasteiger partial charge is 0.334 e. The lowest BCUT2D eigenvalue weighted by molar-refractivity contribution is -0.385. The number of hydrogen-bond acceptors (Lipinski definition) is 6. The Balaban J connectivity index is 1.74. The molecule has 0 radical (unpaired) electrons. The number of nitrogens with one attached hydrogen (secondary N) is 1. The Morgan fingerprint density at radius 3 is 2.78 bits per heavy atom. The average molecular weight is 313 g/mol. The van der Waals surface area contributed by atoms with E-state index in [1.54, 1.807) is 24.4 Å². The first-order valence-electron chi connectivity index (χ1n) is 6.91. The Bertz CT molecular complexity index is 838. The van der Waals surface area contributed by atoms with E-state index in [-0.39, 0.29) is 18.9 Å². The van der Waals surface area contributed by atoms with Gasteiger partial charge in [0.1, 0.15) is 5.82 Å². The van der Waals surface area contributed by atoms with Crippen LogP contribution < -0.4 is 5.32 Å². The molecule has 0 aliphatic carbocycles. The molecule has 8 heteroatoms. The van der Waals surface area contributed by atoms with E-state index >= 15 is 0 Å². The number of pyridine rings is 1. The number of nitro benzene ring substituents is 1. The molecule has 0 saturated carbocycles. The number of fused-ring (bicyclic) bond motifs is 3. The zero-order valence-electron chi connectivity index (χ0n) is 11.8. The van der Waals surface area contributed by atoms with Crippen LogP contribution in [0.3, 0.4) is 0 Å².